The van der Waals surface area contributed by atoms with E-state index in [2.05, 4.69) is 44.7 Å². The molecule has 34 heavy (non-hydrogen) atoms. The van der Waals surface area contributed by atoms with Crippen molar-refractivity contribution in [1.82, 2.24) is 14.9 Å². The third-order valence-electron chi connectivity index (χ3n) is 5.54. The lowest BCUT2D eigenvalue weighted by Crippen LogP contribution is -2.26. The maximum absolute atomic E-state index is 12.4. The van der Waals surface area contributed by atoms with Crippen LogP contribution in [0.4, 0.5) is 31.9 Å². The monoisotopic (exact) mass is 489 g/mol. The second-order valence-electron chi connectivity index (χ2n) is 8.13. The van der Waals surface area contributed by atoms with Crippen molar-refractivity contribution in [3.05, 3.63) is 58.2 Å². The van der Waals surface area contributed by atoms with Gasteiger partial charge in [0.15, 0.2) is 5.82 Å². The number of rotatable bonds is 8. The van der Waals surface area contributed by atoms with Gasteiger partial charge in [0, 0.05) is 18.8 Å². The third kappa shape index (κ3) is 5.66. The summed E-state index contributed by atoms with van der Waals surface area (Å²) in [5.74, 6) is 1.83. The van der Waals surface area contributed by atoms with Crippen LogP contribution in [0.1, 0.15) is 16.7 Å². The van der Waals surface area contributed by atoms with Crippen LogP contribution in [-0.4, -0.2) is 48.6 Å². The fraction of sp³-hybridized carbons (Fsp3) is 0.333. The number of ether oxygens (including phenoxy) is 2. The summed E-state index contributed by atoms with van der Waals surface area (Å²) in [4.78, 5) is 11.1. The molecule has 0 saturated heterocycles. The van der Waals surface area contributed by atoms with Crippen molar-refractivity contribution >= 4 is 34.7 Å². The Bertz CT molecular complexity index is 1180. The molecule has 2 heterocycles. The number of hydrogen-bond donors (Lipinski definition) is 2. The highest BCUT2D eigenvalue weighted by Crippen LogP contribution is 2.34. The van der Waals surface area contributed by atoms with Gasteiger partial charge in [0.1, 0.15) is 23.1 Å². The molecule has 0 atom stereocenters. The maximum atomic E-state index is 12.4. The average molecular weight is 490 g/mol. The van der Waals surface area contributed by atoms with Crippen molar-refractivity contribution in [2.24, 2.45) is 0 Å². The standard InChI is InChI=1S/C24H26ClF2N5O2/c1-14-8-17(34-13-22(26)27)4-5-19(14)29-23-18(25)11-28-24(31-23)30-20-9-16-12-32(2)7-6-15(16)10-21(20)33-3/h4-5,8-11,22H,6-7,12-13H2,1-3H3,(H2,28,29,30,31). The second-order valence-corrected chi connectivity index (χ2v) is 8.54. The van der Waals surface area contributed by atoms with Crippen molar-refractivity contribution < 1.29 is 18.3 Å². The first-order valence-corrected chi connectivity index (χ1v) is 11.2. The highest BCUT2D eigenvalue weighted by molar-refractivity contribution is 6.32. The summed E-state index contributed by atoms with van der Waals surface area (Å²) in [6, 6.07) is 9.14. The lowest BCUT2D eigenvalue weighted by Gasteiger charge is -2.26. The van der Waals surface area contributed by atoms with Crippen LogP contribution >= 0.6 is 11.6 Å². The Balaban J connectivity index is 1.55. The molecule has 0 spiro atoms. The van der Waals surface area contributed by atoms with E-state index in [-0.39, 0.29) is 0 Å². The van der Waals surface area contributed by atoms with Gasteiger partial charge in [-0.2, -0.15) is 4.98 Å². The van der Waals surface area contributed by atoms with Gasteiger partial charge in [0.25, 0.3) is 6.43 Å². The molecule has 7 nitrogen and oxygen atoms in total. The van der Waals surface area contributed by atoms with Crippen LogP contribution in [0.5, 0.6) is 11.5 Å². The molecule has 0 amide bonds. The summed E-state index contributed by atoms with van der Waals surface area (Å²) in [5.41, 5.74) is 4.77. The summed E-state index contributed by atoms with van der Waals surface area (Å²) in [6.45, 7) is 3.05. The first-order valence-electron chi connectivity index (χ1n) is 10.8. The summed E-state index contributed by atoms with van der Waals surface area (Å²) >= 11 is 6.33. The minimum atomic E-state index is -2.53. The first-order chi connectivity index (χ1) is 16.3. The average Bonchev–Trinajstić information content (AvgIpc) is 2.80. The number of halogens is 3. The van der Waals surface area contributed by atoms with Gasteiger partial charge in [0.2, 0.25) is 5.95 Å². The number of fused-ring (bicyclic) bond motifs is 1. The van der Waals surface area contributed by atoms with Crippen LogP contribution in [-0.2, 0) is 13.0 Å². The Hall–Kier alpha value is -3.17. The highest BCUT2D eigenvalue weighted by atomic mass is 35.5. The van der Waals surface area contributed by atoms with Gasteiger partial charge in [0.05, 0.1) is 19.0 Å². The molecule has 0 fully saturated rings. The predicted molar refractivity (Wildman–Crippen MR) is 129 cm³/mol. The van der Waals surface area contributed by atoms with Gasteiger partial charge >= 0.3 is 0 Å². The summed E-state index contributed by atoms with van der Waals surface area (Å²) in [6.07, 6.45) is -0.0504. The second kappa shape index (κ2) is 10.4. The Morgan fingerprint density at radius 2 is 1.97 bits per heavy atom. The quantitative estimate of drug-likeness (QED) is 0.429. The fourth-order valence-corrected chi connectivity index (χ4v) is 3.92. The van der Waals surface area contributed by atoms with Crippen LogP contribution in [0.25, 0.3) is 0 Å². The number of benzene rings is 2. The molecular formula is C24H26ClF2N5O2. The number of aryl methyl sites for hydroxylation is 1. The van der Waals surface area contributed by atoms with E-state index in [1.165, 1.54) is 17.3 Å². The van der Waals surface area contributed by atoms with Crippen LogP contribution in [0.15, 0.2) is 36.5 Å². The Labute approximate surface area is 202 Å². The minimum absolute atomic E-state index is 0.335. The molecule has 0 aliphatic carbocycles. The number of likely N-dealkylation sites (N-methyl/N-ethyl adjacent to an activating group) is 1. The number of aromatic nitrogens is 2. The van der Waals surface area contributed by atoms with E-state index in [0.29, 0.717) is 34.0 Å². The normalized spacial score (nSPS) is 13.5. The molecule has 10 heteroatoms. The number of nitrogens with one attached hydrogen (secondary N) is 2. The molecule has 0 unspecified atom stereocenters. The van der Waals surface area contributed by atoms with Crippen molar-refractivity contribution in [3.63, 3.8) is 0 Å². The fourth-order valence-electron chi connectivity index (χ4n) is 3.78. The molecule has 0 saturated carbocycles. The van der Waals surface area contributed by atoms with Gasteiger partial charge in [-0.3, -0.25) is 0 Å². The molecule has 4 rings (SSSR count). The minimum Gasteiger partial charge on any atom is -0.495 e. The third-order valence-corrected chi connectivity index (χ3v) is 5.82. The van der Waals surface area contributed by atoms with Gasteiger partial charge < -0.3 is 25.0 Å². The molecule has 1 aliphatic rings. The summed E-state index contributed by atoms with van der Waals surface area (Å²) < 4.78 is 35.5. The highest BCUT2D eigenvalue weighted by Gasteiger charge is 2.18. The van der Waals surface area contributed by atoms with Gasteiger partial charge in [-0.1, -0.05) is 11.6 Å². The Kier molecular flexibility index (Phi) is 7.33. The predicted octanol–water partition coefficient (Wildman–Crippen LogP) is 5.57. The molecular weight excluding hydrogens is 464 g/mol. The molecule has 0 radical (unpaired) electrons. The zero-order valence-corrected chi connectivity index (χ0v) is 19.9. The van der Waals surface area contributed by atoms with Gasteiger partial charge in [-0.15, -0.1) is 0 Å². The number of alkyl halides is 2. The van der Waals surface area contributed by atoms with Crippen molar-refractivity contribution in [2.45, 2.75) is 26.3 Å². The molecule has 1 aliphatic heterocycles. The number of methoxy groups -OCH3 is 1. The van der Waals surface area contributed by atoms with E-state index in [4.69, 9.17) is 21.1 Å². The summed E-state index contributed by atoms with van der Waals surface area (Å²) in [7, 11) is 3.73. The molecule has 1 aromatic heterocycles. The van der Waals surface area contributed by atoms with E-state index >= 15 is 0 Å². The SMILES string of the molecule is COc1cc2c(cc1Nc1ncc(Cl)c(Nc3ccc(OCC(F)F)cc3C)n1)CN(C)CC2. The van der Waals surface area contributed by atoms with Crippen LogP contribution in [0.2, 0.25) is 5.02 Å². The van der Waals surface area contributed by atoms with Gasteiger partial charge in [-0.05, 0) is 67.4 Å². The van der Waals surface area contributed by atoms with Crippen molar-refractivity contribution in [3.8, 4) is 11.5 Å². The maximum Gasteiger partial charge on any atom is 0.272 e. The van der Waals surface area contributed by atoms with Crippen molar-refractivity contribution in [2.75, 3.05) is 37.9 Å². The van der Waals surface area contributed by atoms with E-state index in [9.17, 15) is 8.78 Å². The number of hydrogen-bond acceptors (Lipinski definition) is 7. The smallest absolute Gasteiger partial charge is 0.272 e. The zero-order chi connectivity index (χ0) is 24.2. The Morgan fingerprint density at radius 3 is 2.71 bits per heavy atom. The number of anilines is 4. The topological polar surface area (TPSA) is 71.5 Å². The Morgan fingerprint density at radius 1 is 1.15 bits per heavy atom. The van der Waals surface area contributed by atoms with Gasteiger partial charge in [-0.25, -0.2) is 13.8 Å². The van der Waals surface area contributed by atoms with Crippen LogP contribution in [0, 0.1) is 6.92 Å². The largest absolute Gasteiger partial charge is 0.495 e. The van der Waals surface area contributed by atoms with Crippen LogP contribution in [0.3, 0.4) is 0 Å². The van der Waals surface area contributed by atoms with Crippen LogP contribution < -0.4 is 20.1 Å². The molecule has 180 valence electrons. The zero-order valence-electron chi connectivity index (χ0n) is 19.2. The summed E-state index contributed by atoms with van der Waals surface area (Å²) in [5, 5.41) is 6.75. The molecule has 3 aromatic rings. The first kappa shape index (κ1) is 24.0. The number of nitrogens with zero attached hydrogens (tertiary/aromatic N) is 3. The lowest BCUT2D eigenvalue weighted by molar-refractivity contribution is 0.0819. The van der Waals surface area contributed by atoms with E-state index < -0.39 is 13.0 Å². The molecule has 0 bridgehead atoms. The van der Waals surface area contributed by atoms with Crippen molar-refractivity contribution in [1.29, 1.82) is 0 Å². The van der Waals surface area contributed by atoms with E-state index in [0.717, 1.165) is 30.8 Å². The lowest BCUT2D eigenvalue weighted by atomic mass is 9.99. The molecule has 2 aromatic carbocycles. The van der Waals surface area contributed by atoms with E-state index in [1.54, 1.807) is 25.3 Å². The van der Waals surface area contributed by atoms with E-state index in [1.807, 2.05) is 6.92 Å². The molecule has 2 N–H and O–H groups in total.